The second-order valence-electron chi connectivity index (χ2n) is 8.23. The zero-order chi connectivity index (χ0) is 22.0. The second kappa shape index (κ2) is 8.79. The molecule has 4 rings (SSSR count). The first-order chi connectivity index (χ1) is 15.0. The summed E-state index contributed by atoms with van der Waals surface area (Å²) in [7, 11) is 1.43. The Kier molecular flexibility index (Phi) is 5.93. The summed E-state index contributed by atoms with van der Waals surface area (Å²) in [4.78, 5) is 37.4. The highest BCUT2D eigenvalue weighted by molar-refractivity contribution is 5.88. The van der Waals surface area contributed by atoms with Crippen molar-refractivity contribution in [2.24, 2.45) is 5.92 Å². The van der Waals surface area contributed by atoms with Gasteiger partial charge in [-0.25, -0.2) is 4.79 Å². The van der Waals surface area contributed by atoms with Gasteiger partial charge in [0.2, 0.25) is 5.91 Å². The molecule has 2 aliphatic carbocycles. The van der Waals surface area contributed by atoms with Crippen molar-refractivity contribution < 1.29 is 24.2 Å². The van der Waals surface area contributed by atoms with Crippen LogP contribution in [0.4, 0.5) is 4.79 Å². The Morgan fingerprint density at radius 2 is 1.65 bits per heavy atom. The number of hydrogen-bond acceptors (Lipinski definition) is 4. The molecule has 2 amide bonds. The molecule has 2 aromatic carbocycles. The molecule has 31 heavy (non-hydrogen) atoms. The average Bonchev–Trinajstić information content (AvgIpc) is 3.03. The summed E-state index contributed by atoms with van der Waals surface area (Å²) >= 11 is 0. The Labute approximate surface area is 181 Å². The fourth-order valence-corrected chi connectivity index (χ4v) is 4.44. The number of likely N-dealkylation sites (N-methyl/N-ethyl adjacent to an activating group) is 1. The number of carboxylic acid groups (broad SMARTS) is 1. The Hall–Kier alpha value is -3.35. The van der Waals surface area contributed by atoms with Gasteiger partial charge in [0.15, 0.2) is 0 Å². The van der Waals surface area contributed by atoms with Gasteiger partial charge in [-0.1, -0.05) is 55.0 Å². The van der Waals surface area contributed by atoms with Crippen LogP contribution in [0.25, 0.3) is 11.1 Å². The molecule has 2 N–H and O–H groups in total. The van der Waals surface area contributed by atoms with E-state index in [0.717, 1.165) is 46.4 Å². The van der Waals surface area contributed by atoms with Gasteiger partial charge < -0.3 is 20.1 Å². The van der Waals surface area contributed by atoms with Crippen LogP contribution >= 0.6 is 0 Å². The lowest BCUT2D eigenvalue weighted by Crippen LogP contribution is -2.53. The molecule has 0 heterocycles. The van der Waals surface area contributed by atoms with Crippen LogP contribution in [0.1, 0.15) is 36.3 Å². The van der Waals surface area contributed by atoms with E-state index in [1.807, 2.05) is 36.4 Å². The normalized spacial score (nSPS) is 15.9. The average molecular weight is 422 g/mol. The minimum absolute atomic E-state index is 0.00391. The minimum Gasteiger partial charge on any atom is -0.480 e. The van der Waals surface area contributed by atoms with E-state index < -0.39 is 30.6 Å². The SMILES string of the molecule is CN(CC(=O)O)C(=O)C(NC(=O)OCC1c2ccccc2-c2ccccc21)C1CCC1. The van der Waals surface area contributed by atoms with Gasteiger partial charge in [0.25, 0.3) is 0 Å². The quantitative estimate of drug-likeness (QED) is 0.714. The topological polar surface area (TPSA) is 95.9 Å². The number of ether oxygens (including phenoxy) is 1. The van der Waals surface area contributed by atoms with E-state index in [-0.39, 0.29) is 18.4 Å². The van der Waals surface area contributed by atoms with Crippen LogP contribution in [0.3, 0.4) is 0 Å². The highest BCUT2D eigenvalue weighted by Crippen LogP contribution is 2.44. The number of benzene rings is 2. The molecule has 0 aliphatic heterocycles. The number of hydrogen-bond donors (Lipinski definition) is 2. The van der Waals surface area contributed by atoms with Crippen molar-refractivity contribution in [3.8, 4) is 11.1 Å². The van der Waals surface area contributed by atoms with Crippen LogP contribution in [0.2, 0.25) is 0 Å². The summed E-state index contributed by atoms with van der Waals surface area (Å²) in [6.07, 6.45) is 1.97. The number of aliphatic carboxylic acids is 1. The van der Waals surface area contributed by atoms with Gasteiger partial charge in [0, 0.05) is 13.0 Å². The van der Waals surface area contributed by atoms with Gasteiger partial charge in [-0.2, -0.15) is 0 Å². The van der Waals surface area contributed by atoms with Gasteiger partial charge in [0.1, 0.15) is 19.2 Å². The monoisotopic (exact) mass is 422 g/mol. The molecule has 0 saturated heterocycles. The van der Waals surface area contributed by atoms with Gasteiger partial charge in [-0.15, -0.1) is 0 Å². The molecule has 0 spiro atoms. The van der Waals surface area contributed by atoms with Crippen LogP contribution in [-0.4, -0.2) is 54.2 Å². The summed E-state index contributed by atoms with van der Waals surface area (Å²) < 4.78 is 5.56. The van der Waals surface area contributed by atoms with Crippen molar-refractivity contribution in [1.29, 1.82) is 0 Å². The molecular formula is C24H26N2O5. The largest absolute Gasteiger partial charge is 0.480 e. The molecule has 7 nitrogen and oxygen atoms in total. The summed E-state index contributed by atoms with van der Waals surface area (Å²) in [6, 6.07) is 15.4. The predicted molar refractivity (Wildman–Crippen MR) is 115 cm³/mol. The Morgan fingerprint density at radius 3 is 2.16 bits per heavy atom. The first-order valence-electron chi connectivity index (χ1n) is 10.5. The third kappa shape index (κ3) is 4.26. The van der Waals surface area contributed by atoms with E-state index in [4.69, 9.17) is 9.84 Å². The molecule has 7 heteroatoms. The molecule has 2 aliphatic rings. The van der Waals surface area contributed by atoms with Crippen LogP contribution in [0.15, 0.2) is 48.5 Å². The van der Waals surface area contributed by atoms with E-state index >= 15 is 0 Å². The van der Waals surface area contributed by atoms with Crippen LogP contribution in [0, 0.1) is 5.92 Å². The van der Waals surface area contributed by atoms with Crippen molar-refractivity contribution in [3.63, 3.8) is 0 Å². The van der Waals surface area contributed by atoms with E-state index in [9.17, 15) is 14.4 Å². The highest BCUT2D eigenvalue weighted by Gasteiger charge is 2.36. The van der Waals surface area contributed by atoms with E-state index in [1.54, 1.807) is 0 Å². The van der Waals surface area contributed by atoms with Crippen molar-refractivity contribution in [3.05, 3.63) is 59.7 Å². The van der Waals surface area contributed by atoms with Gasteiger partial charge in [0.05, 0.1) is 0 Å². The molecule has 0 bridgehead atoms. The molecule has 1 unspecified atom stereocenters. The van der Waals surface area contributed by atoms with Crippen LogP contribution in [-0.2, 0) is 14.3 Å². The Morgan fingerprint density at radius 1 is 1.06 bits per heavy atom. The van der Waals surface area contributed by atoms with Crippen molar-refractivity contribution in [2.75, 3.05) is 20.2 Å². The zero-order valence-electron chi connectivity index (χ0n) is 17.4. The number of nitrogens with zero attached hydrogens (tertiary/aromatic N) is 1. The van der Waals surface area contributed by atoms with E-state index in [1.165, 1.54) is 7.05 Å². The molecule has 162 valence electrons. The van der Waals surface area contributed by atoms with Crippen molar-refractivity contribution in [1.82, 2.24) is 10.2 Å². The number of carbonyl (C=O) groups excluding carboxylic acids is 2. The number of nitrogens with one attached hydrogen (secondary N) is 1. The number of fused-ring (bicyclic) bond motifs is 3. The molecule has 0 aromatic heterocycles. The van der Waals surface area contributed by atoms with Crippen LogP contribution in [0.5, 0.6) is 0 Å². The number of carboxylic acids is 1. The van der Waals surface area contributed by atoms with Crippen molar-refractivity contribution in [2.45, 2.75) is 31.2 Å². The first kappa shape index (κ1) is 20.9. The fraction of sp³-hybridized carbons (Fsp3) is 0.375. The lowest BCUT2D eigenvalue weighted by molar-refractivity contribution is -0.145. The lowest BCUT2D eigenvalue weighted by atomic mass is 9.79. The first-order valence-corrected chi connectivity index (χ1v) is 10.5. The third-order valence-electron chi connectivity index (χ3n) is 6.25. The summed E-state index contributed by atoms with van der Waals surface area (Å²) in [5.41, 5.74) is 4.52. The molecular weight excluding hydrogens is 396 g/mol. The maximum absolute atomic E-state index is 12.7. The summed E-state index contributed by atoms with van der Waals surface area (Å²) in [5.74, 6) is -1.56. The van der Waals surface area contributed by atoms with E-state index in [2.05, 4.69) is 17.4 Å². The highest BCUT2D eigenvalue weighted by atomic mass is 16.5. The maximum atomic E-state index is 12.7. The van der Waals surface area contributed by atoms with Gasteiger partial charge in [-0.3, -0.25) is 9.59 Å². The van der Waals surface area contributed by atoms with Crippen LogP contribution < -0.4 is 5.32 Å². The lowest BCUT2D eigenvalue weighted by Gasteiger charge is -2.35. The summed E-state index contributed by atoms with van der Waals surface area (Å²) in [6.45, 7) is -0.245. The number of carbonyl (C=O) groups is 3. The Balaban J connectivity index is 1.43. The minimum atomic E-state index is -1.09. The number of amides is 2. The molecule has 1 fully saturated rings. The zero-order valence-corrected chi connectivity index (χ0v) is 17.4. The maximum Gasteiger partial charge on any atom is 0.407 e. The standard InChI is InChI=1S/C24H26N2O5/c1-26(13-21(27)28)23(29)22(15-7-6-8-15)25-24(30)31-14-20-18-11-4-2-9-16(18)17-10-3-5-12-19(17)20/h2-5,9-12,15,20,22H,6-8,13-14H2,1H3,(H,25,30)(H,27,28). The van der Waals surface area contributed by atoms with E-state index in [0.29, 0.717) is 0 Å². The third-order valence-corrected chi connectivity index (χ3v) is 6.25. The predicted octanol–water partition coefficient (Wildman–Crippen LogP) is 3.24. The molecule has 1 saturated carbocycles. The fourth-order valence-electron chi connectivity index (χ4n) is 4.44. The van der Waals surface area contributed by atoms with Gasteiger partial charge in [-0.05, 0) is 41.0 Å². The smallest absolute Gasteiger partial charge is 0.407 e. The molecule has 0 radical (unpaired) electrons. The van der Waals surface area contributed by atoms with Gasteiger partial charge >= 0.3 is 12.1 Å². The second-order valence-corrected chi connectivity index (χ2v) is 8.23. The molecule has 1 atom stereocenters. The molecule has 2 aromatic rings. The van der Waals surface area contributed by atoms with Crippen molar-refractivity contribution >= 4 is 18.0 Å². The number of rotatable bonds is 7. The summed E-state index contributed by atoms with van der Waals surface area (Å²) in [5, 5.41) is 11.7. The Bertz CT molecular complexity index is 955. The number of alkyl carbamates (subject to hydrolysis) is 1.